The Balaban J connectivity index is 1.43. The monoisotopic (exact) mass is 434 g/mol. The molecule has 1 saturated carbocycles. The number of amides is 1. The molecule has 2 aromatic heterocycles. The third kappa shape index (κ3) is 4.73. The molecule has 7 nitrogen and oxygen atoms in total. The topological polar surface area (TPSA) is 82.2 Å². The summed E-state index contributed by atoms with van der Waals surface area (Å²) < 4.78 is 48.2. The van der Waals surface area contributed by atoms with Gasteiger partial charge >= 0.3 is 6.36 Å². The largest absolute Gasteiger partial charge is 0.573 e. The minimum Gasteiger partial charge on any atom is -0.420 e. The number of rotatable bonds is 6. The highest BCUT2D eigenvalue weighted by atomic mass is 19.4. The lowest BCUT2D eigenvalue weighted by Crippen LogP contribution is -2.20. The van der Waals surface area contributed by atoms with Crippen molar-refractivity contribution in [2.24, 2.45) is 0 Å². The number of anilines is 1. The van der Waals surface area contributed by atoms with E-state index in [0.29, 0.717) is 23.4 Å². The van der Waals surface area contributed by atoms with Crippen molar-refractivity contribution in [1.29, 1.82) is 0 Å². The molecule has 10 heteroatoms. The van der Waals surface area contributed by atoms with Gasteiger partial charge in [0.05, 0.1) is 5.56 Å². The second-order valence-electron chi connectivity index (χ2n) is 7.56. The number of hydrogen-bond donors (Lipinski definition) is 1. The maximum absolute atomic E-state index is 12.5. The first-order valence-corrected chi connectivity index (χ1v) is 9.86. The molecule has 3 aromatic rings. The molecule has 31 heavy (non-hydrogen) atoms. The smallest absolute Gasteiger partial charge is 0.420 e. The zero-order valence-electron chi connectivity index (χ0n) is 17.0. The molecule has 1 aliphatic carbocycles. The van der Waals surface area contributed by atoms with Crippen molar-refractivity contribution in [3.63, 3.8) is 0 Å². The first kappa shape index (κ1) is 21.0. The molecule has 1 amide bonds. The number of benzene rings is 1. The van der Waals surface area contributed by atoms with Crippen molar-refractivity contribution in [3.8, 4) is 17.2 Å². The van der Waals surface area contributed by atoms with Gasteiger partial charge in [0, 0.05) is 23.0 Å². The van der Waals surface area contributed by atoms with Crippen LogP contribution < -0.4 is 10.1 Å². The summed E-state index contributed by atoms with van der Waals surface area (Å²) >= 11 is 0. The molecule has 0 bridgehead atoms. The Morgan fingerprint density at radius 3 is 2.55 bits per heavy atom. The van der Waals surface area contributed by atoms with E-state index in [9.17, 15) is 18.0 Å². The van der Waals surface area contributed by atoms with E-state index in [0.717, 1.165) is 41.9 Å². The van der Waals surface area contributed by atoms with Gasteiger partial charge < -0.3 is 19.0 Å². The van der Waals surface area contributed by atoms with Crippen molar-refractivity contribution in [1.82, 2.24) is 14.8 Å². The number of alkyl halides is 3. The van der Waals surface area contributed by atoms with Gasteiger partial charge in [-0.3, -0.25) is 4.79 Å². The summed E-state index contributed by atoms with van der Waals surface area (Å²) in [6.45, 7) is 3.77. The van der Waals surface area contributed by atoms with Crippen LogP contribution in [0.3, 0.4) is 0 Å². The van der Waals surface area contributed by atoms with E-state index in [4.69, 9.17) is 4.42 Å². The van der Waals surface area contributed by atoms with Crippen molar-refractivity contribution in [2.45, 2.75) is 51.9 Å². The van der Waals surface area contributed by atoms with E-state index >= 15 is 0 Å². The second-order valence-corrected chi connectivity index (χ2v) is 7.56. The maximum Gasteiger partial charge on any atom is 0.573 e. The fourth-order valence-corrected chi connectivity index (χ4v) is 3.51. The molecule has 0 atom stereocenters. The van der Waals surface area contributed by atoms with Crippen LogP contribution in [0.15, 0.2) is 34.7 Å². The summed E-state index contributed by atoms with van der Waals surface area (Å²) in [7, 11) is 0. The van der Waals surface area contributed by atoms with Gasteiger partial charge in [-0.15, -0.1) is 23.4 Å². The van der Waals surface area contributed by atoms with Gasteiger partial charge in [0.1, 0.15) is 12.3 Å². The molecule has 1 N–H and O–H groups in total. The van der Waals surface area contributed by atoms with Crippen molar-refractivity contribution in [2.75, 3.05) is 5.32 Å². The molecular formula is C21H21F3N4O3. The molecule has 0 unspecified atom stereocenters. The Hall–Kier alpha value is -3.30. The molecule has 1 aliphatic rings. The number of ether oxygens (including phenoxy) is 1. The number of aryl methyl sites for hydroxylation is 1. The number of nitrogens with zero attached hydrogens (tertiary/aromatic N) is 3. The first-order valence-electron chi connectivity index (χ1n) is 9.86. The fourth-order valence-electron chi connectivity index (χ4n) is 3.51. The van der Waals surface area contributed by atoms with Gasteiger partial charge in [-0.1, -0.05) is 6.42 Å². The standard InChI is InChI=1S/C21H21F3N4O3/c1-12-10-17(20-27-26-19(30-20)14-4-3-5-14)13(2)28(12)11-18(29)25-15-6-8-16(9-7-15)31-21(22,23)24/h6-10,14H,3-5,11H2,1-2H3,(H,25,29). The highest BCUT2D eigenvalue weighted by molar-refractivity contribution is 5.90. The number of carbonyl (C=O) groups is 1. The molecule has 164 valence electrons. The van der Waals surface area contributed by atoms with Crippen LogP contribution in [0.4, 0.5) is 18.9 Å². The molecule has 0 saturated heterocycles. The summed E-state index contributed by atoms with van der Waals surface area (Å²) in [5.74, 6) is 0.749. The van der Waals surface area contributed by atoms with Crippen molar-refractivity contribution >= 4 is 11.6 Å². The number of carbonyl (C=O) groups excluding carboxylic acids is 1. The van der Waals surface area contributed by atoms with Gasteiger partial charge in [-0.25, -0.2) is 0 Å². The summed E-state index contributed by atoms with van der Waals surface area (Å²) in [5, 5.41) is 11.0. The summed E-state index contributed by atoms with van der Waals surface area (Å²) in [6.07, 6.45) is -1.47. The number of nitrogens with one attached hydrogen (secondary N) is 1. The van der Waals surface area contributed by atoms with E-state index in [1.165, 1.54) is 18.6 Å². The van der Waals surface area contributed by atoms with E-state index in [2.05, 4.69) is 20.3 Å². The Morgan fingerprint density at radius 1 is 1.23 bits per heavy atom. The highest BCUT2D eigenvalue weighted by Gasteiger charge is 2.31. The van der Waals surface area contributed by atoms with Crippen LogP contribution in [-0.2, 0) is 11.3 Å². The predicted octanol–water partition coefficient (Wildman–Crippen LogP) is 4.96. The minimum absolute atomic E-state index is 0.0298. The quantitative estimate of drug-likeness (QED) is 0.593. The molecule has 0 aliphatic heterocycles. The molecule has 1 fully saturated rings. The average molecular weight is 434 g/mol. The zero-order chi connectivity index (χ0) is 22.2. The SMILES string of the molecule is Cc1cc(-c2nnc(C3CCC3)o2)c(C)n1CC(=O)Nc1ccc(OC(F)(F)F)cc1. The Bertz CT molecular complexity index is 1080. The Morgan fingerprint density at radius 2 is 1.94 bits per heavy atom. The van der Waals surface area contributed by atoms with E-state index < -0.39 is 6.36 Å². The van der Waals surface area contributed by atoms with Crippen LogP contribution in [0.5, 0.6) is 5.75 Å². The van der Waals surface area contributed by atoms with Crippen molar-refractivity contribution in [3.05, 3.63) is 47.6 Å². The minimum atomic E-state index is -4.76. The highest BCUT2D eigenvalue weighted by Crippen LogP contribution is 2.37. The van der Waals surface area contributed by atoms with Gasteiger partial charge in [0.2, 0.25) is 17.7 Å². The number of halogens is 3. The molecule has 1 aromatic carbocycles. The van der Waals surface area contributed by atoms with Crippen LogP contribution in [0, 0.1) is 13.8 Å². The molecule has 4 rings (SSSR count). The maximum atomic E-state index is 12.5. The van der Waals surface area contributed by atoms with Gasteiger partial charge in [-0.2, -0.15) is 0 Å². The second kappa shape index (κ2) is 8.09. The predicted molar refractivity (Wildman–Crippen MR) is 106 cm³/mol. The van der Waals surface area contributed by atoms with E-state index in [-0.39, 0.29) is 18.2 Å². The summed E-state index contributed by atoms with van der Waals surface area (Å²) in [5.41, 5.74) is 2.80. The van der Waals surface area contributed by atoms with Crippen LogP contribution >= 0.6 is 0 Å². The average Bonchev–Trinajstić information content (AvgIpc) is 3.21. The molecule has 2 heterocycles. The molecular weight excluding hydrogens is 413 g/mol. The van der Waals surface area contributed by atoms with E-state index in [1.807, 2.05) is 24.5 Å². The van der Waals surface area contributed by atoms with Crippen LogP contribution in [0.25, 0.3) is 11.5 Å². The lowest BCUT2D eigenvalue weighted by atomic mass is 9.85. The summed E-state index contributed by atoms with van der Waals surface area (Å²) in [4.78, 5) is 12.5. The fraction of sp³-hybridized carbons (Fsp3) is 0.381. The summed E-state index contributed by atoms with van der Waals surface area (Å²) in [6, 6.07) is 6.87. The molecule has 0 radical (unpaired) electrons. The van der Waals surface area contributed by atoms with E-state index in [1.54, 1.807) is 0 Å². The van der Waals surface area contributed by atoms with Gasteiger partial charge in [0.15, 0.2) is 0 Å². The van der Waals surface area contributed by atoms with Gasteiger partial charge in [-0.05, 0) is 57.0 Å². The normalized spacial score (nSPS) is 14.4. The van der Waals surface area contributed by atoms with Crippen LogP contribution in [-0.4, -0.2) is 27.0 Å². The zero-order valence-corrected chi connectivity index (χ0v) is 17.0. The lowest BCUT2D eigenvalue weighted by molar-refractivity contribution is -0.274. The number of hydrogen-bond acceptors (Lipinski definition) is 5. The van der Waals surface area contributed by atoms with Crippen LogP contribution in [0.2, 0.25) is 0 Å². The number of aromatic nitrogens is 3. The molecule has 0 spiro atoms. The van der Waals surface area contributed by atoms with Gasteiger partial charge in [0.25, 0.3) is 0 Å². The lowest BCUT2D eigenvalue weighted by Gasteiger charge is -2.20. The van der Waals surface area contributed by atoms with Crippen LogP contribution in [0.1, 0.15) is 42.5 Å². The van der Waals surface area contributed by atoms with Crippen molar-refractivity contribution < 1.29 is 27.1 Å². The first-order chi connectivity index (χ1) is 14.7. The third-order valence-corrected chi connectivity index (χ3v) is 5.37. The third-order valence-electron chi connectivity index (χ3n) is 5.37. The Labute approximate surface area is 176 Å². The Kier molecular flexibility index (Phi) is 5.47.